The van der Waals surface area contributed by atoms with Gasteiger partial charge in [0.2, 0.25) is 0 Å². The van der Waals surface area contributed by atoms with E-state index < -0.39 is 0 Å². The van der Waals surface area contributed by atoms with Crippen molar-refractivity contribution in [3.63, 3.8) is 0 Å². The van der Waals surface area contributed by atoms with Gasteiger partial charge in [0.15, 0.2) is 0 Å². The highest BCUT2D eigenvalue weighted by Gasteiger charge is 2.24. The normalized spacial score (nSPS) is 19.9. The molecule has 1 saturated heterocycles. The van der Waals surface area contributed by atoms with Gasteiger partial charge in [-0.05, 0) is 24.6 Å². The number of amides is 1. The molecular formula is C13H15BrClNO2. The van der Waals surface area contributed by atoms with Crippen molar-refractivity contribution in [1.82, 2.24) is 4.90 Å². The fourth-order valence-corrected chi connectivity index (χ4v) is 2.87. The zero-order valence-electron chi connectivity index (χ0n) is 10.2. The predicted molar refractivity (Wildman–Crippen MR) is 75.1 cm³/mol. The second-order valence-corrected chi connectivity index (χ2v) is 5.66. The van der Waals surface area contributed by atoms with Crippen LogP contribution < -0.4 is 0 Å². The molecule has 0 aromatic heterocycles. The second kappa shape index (κ2) is 6.04. The molecule has 0 saturated carbocycles. The van der Waals surface area contributed by atoms with Crippen molar-refractivity contribution in [2.45, 2.75) is 19.4 Å². The van der Waals surface area contributed by atoms with Crippen molar-refractivity contribution in [2.24, 2.45) is 0 Å². The van der Waals surface area contributed by atoms with Crippen LogP contribution in [0.2, 0.25) is 5.02 Å². The van der Waals surface area contributed by atoms with E-state index in [1.807, 2.05) is 4.90 Å². The molecule has 1 heterocycles. The molecule has 0 radical (unpaired) electrons. The molecule has 2 rings (SSSR count). The van der Waals surface area contributed by atoms with E-state index in [-0.39, 0.29) is 12.0 Å². The average molecular weight is 333 g/mol. The molecule has 5 heteroatoms. The first-order valence-corrected chi connectivity index (χ1v) is 7.14. The Kier molecular flexibility index (Phi) is 4.65. The number of hydrogen-bond donors (Lipinski definition) is 0. The molecule has 0 spiro atoms. The number of rotatable bonds is 2. The van der Waals surface area contributed by atoms with Crippen LogP contribution >= 0.6 is 27.5 Å². The van der Waals surface area contributed by atoms with Crippen LogP contribution in [0.3, 0.4) is 0 Å². The molecule has 18 heavy (non-hydrogen) atoms. The maximum Gasteiger partial charge on any atom is 0.254 e. The molecule has 1 aliphatic heterocycles. The van der Waals surface area contributed by atoms with E-state index in [1.165, 1.54) is 0 Å². The molecule has 1 aliphatic rings. The first kappa shape index (κ1) is 13.8. The SMILES string of the molecule is CCC1CN(C(=O)c2cc(Cl)cc(Br)c2)CCO1. The van der Waals surface area contributed by atoms with Gasteiger partial charge < -0.3 is 9.64 Å². The molecule has 0 bridgehead atoms. The van der Waals surface area contributed by atoms with E-state index in [0.29, 0.717) is 30.3 Å². The van der Waals surface area contributed by atoms with Crippen molar-refractivity contribution in [3.8, 4) is 0 Å². The first-order chi connectivity index (χ1) is 8.60. The number of nitrogens with zero attached hydrogens (tertiary/aromatic N) is 1. The van der Waals surface area contributed by atoms with Crippen molar-refractivity contribution in [3.05, 3.63) is 33.3 Å². The van der Waals surface area contributed by atoms with Crippen LogP contribution in [0.15, 0.2) is 22.7 Å². The predicted octanol–water partition coefficient (Wildman–Crippen LogP) is 3.35. The van der Waals surface area contributed by atoms with E-state index >= 15 is 0 Å². The van der Waals surface area contributed by atoms with Crippen LogP contribution in [0.4, 0.5) is 0 Å². The highest BCUT2D eigenvalue weighted by atomic mass is 79.9. The number of hydrogen-bond acceptors (Lipinski definition) is 2. The summed E-state index contributed by atoms with van der Waals surface area (Å²) in [6, 6.07) is 5.27. The lowest BCUT2D eigenvalue weighted by molar-refractivity contribution is -0.0226. The van der Waals surface area contributed by atoms with Gasteiger partial charge in [-0.2, -0.15) is 0 Å². The van der Waals surface area contributed by atoms with Crippen molar-refractivity contribution >= 4 is 33.4 Å². The van der Waals surface area contributed by atoms with Gasteiger partial charge in [0.25, 0.3) is 5.91 Å². The van der Waals surface area contributed by atoms with Crippen molar-refractivity contribution in [1.29, 1.82) is 0 Å². The molecule has 1 unspecified atom stereocenters. The fourth-order valence-electron chi connectivity index (χ4n) is 2.01. The summed E-state index contributed by atoms with van der Waals surface area (Å²) >= 11 is 9.31. The lowest BCUT2D eigenvalue weighted by atomic mass is 10.1. The Hall–Kier alpha value is -0.580. The average Bonchev–Trinajstić information content (AvgIpc) is 2.37. The van der Waals surface area contributed by atoms with Gasteiger partial charge >= 0.3 is 0 Å². The third-order valence-corrected chi connectivity index (χ3v) is 3.67. The summed E-state index contributed by atoms with van der Waals surface area (Å²) in [6.07, 6.45) is 1.06. The standard InChI is InChI=1S/C13H15BrClNO2/c1-2-12-8-16(3-4-18-12)13(17)9-5-10(14)7-11(15)6-9/h5-7,12H,2-4,8H2,1H3. The fraction of sp³-hybridized carbons (Fsp3) is 0.462. The topological polar surface area (TPSA) is 29.5 Å². The molecule has 0 aliphatic carbocycles. The third kappa shape index (κ3) is 3.25. The zero-order valence-corrected chi connectivity index (χ0v) is 12.5. The number of morpholine rings is 1. The van der Waals surface area contributed by atoms with Crippen molar-refractivity contribution in [2.75, 3.05) is 19.7 Å². The monoisotopic (exact) mass is 331 g/mol. The van der Waals surface area contributed by atoms with E-state index in [9.17, 15) is 4.79 Å². The van der Waals surface area contributed by atoms with E-state index in [0.717, 1.165) is 10.9 Å². The summed E-state index contributed by atoms with van der Waals surface area (Å²) in [5, 5.41) is 0.563. The van der Waals surface area contributed by atoms with Gasteiger partial charge in [0, 0.05) is 28.1 Å². The Bertz CT molecular complexity index is 432. The maximum atomic E-state index is 12.4. The summed E-state index contributed by atoms with van der Waals surface area (Å²) in [6.45, 7) is 3.96. The second-order valence-electron chi connectivity index (χ2n) is 4.31. The lowest BCUT2D eigenvalue weighted by Gasteiger charge is -2.32. The number of benzene rings is 1. The van der Waals surface area contributed by atoms with Gasteiger partial charge in [0.05, 0.1) is 12.7 Å². The van der Waals surface area contributed by atoms with Gasteiger partial charge in [-0.3, -0.25) is 4.79 Å². The third-order valence-electron chi connectivity index (χ3n) is 2.99. The van der Waals surface area contributed by atoms with Gasteiger partial charge in [-0.1, -0.05) is 34.5 Å². The van der Waals surface area contributed by atoms with Crippen molar-refractivity contribution < 1.29 is 9.53 Å². The molecular weight excluding hydrogens is 318 g/mol. The van der Waals surface area contributed by atoms with E-state index in [4.69, 9.17) is 16.3 Å². The van der Waals surface area contributed by atoms with Crippen LogP contribution in [0.5, 0.6) is 0 Å². The maximum absolute atomic E-state index is 12.4. The van der Waals surface area contributed by atoms with Crippen LogP contribution in [-0.4, -0.2) is 36.6 Å². The van der Waals surface area contributed by atoms with E-state index in [2.05, 4.69) is 22.9 Å². The summed E-state index contributed by atoms with van der Waals surface area (Å²) in [7, 11) is 0. The molecule has 98 valence electrons. The zero-order chi connectivity index (χ0) is 13.1. The summed E-state index contributed by atoms with van der Waals surface area (Å²) in [5.41, 5.74) is 0.617. The Morgan fingerprint density at radius 3 is 3.00 bits per heavy atom. The highest BCUT2D eigenvalue weighted by molar-refractivity contribution is 9.10. The smallest absolute Gasteiger partial charge is 0.254 e. The molecule has 1 aromatic rings. The number of carbonyl (C=O) groups is 1. The van der Waals surface area contributed by atoms with E-state index in [1.54, 1.807) is 18.2 Å². The van der Waals surface area contributed by atoms with Gasteiger partial charge in [0.1, 0.15) is 0 Å². The van der Waals surface area contributed by atoms with Gasteiger partial charge in [-0.25, -0.2) is 0 Å². The summed E-state index contributed by atoms with van der Waals surface area (Å²) < 4.78 is 6.38. The minimum absolute atomic E-state index is 0.0138. The first-order valence-electron chi connectivity index (χ1n) is 5.97. The molecule has 1 fully saturated rings. The highest BCUT2D eigenvalue weighted by Crippen LogP contribution is 2.21. The molecule has 0 N–H and O–H groups in total. The molecule has 3 nitrogen and oxygen atoms in total. The quantitative estimate of drug-likeness (QED) is 0.831. The Morgan fingerprint density at radius 2 is 2.33 bits per heavy atom. The van der Waals surface area contributed by atoms with Crippen LogP contribution in [0.25, 0.3) is 0 Å². The lowest BCUT2D eigenvalue weighted by Crippen LogP contribution is -2.45. The number of carbonyl (C=O) groups excluding carboxylic acids is 1. The van der Waals surface area contributed by atoms with Crippen LogP contribution in [0.1, 0.15) is 23.7 Å². The molecule has 1 amide bonds. The number of ether oxygens (including phenoxy) is 1. The number of halogens is 2. The minimum Gasteiger partial charge on any atom is -0.375 e. The molecule has 1 atom stereocenters. The summed E-state index contributed by atoms with van der Waals surface area (Å²) in [4.78, 5) is 14.2. The Labute approximate surface area is 120 Å². The van der Waals surface area contributed by atoms with Crippen LogP contribution in [-0.2, 0) is 4.74 Å². The molecule has 1 aromatic carbocycles. The summed E-state index contributed by atoms with van der Waals surface area (Å²) in [5.74, 6) is 0.0138. The minimum atomic E-state index is 0.0138. The van der Waals surface area contributed by atoms with Crippen LogP contribution in [0, 0.1) is 0 Å². The van der Waals surface area contributed by atoms with Gasteiger partial charge in [-0.15, -0.1) is 0 Å². The Morgan fingerprint density at radius 1 is 1.56 bits per heavy atom. The largest absolute Gasteiger partial charge is 0.375 e. The Balaban J connectivity index is 2.15.